The molecule has 0 aliphatic heterocycles. The van der Waals surface area contributed by atoms with E-state index in [9.17, 15) is 22.4 Å². The maximum Gasteiger partial charge on any atom is 0.419 e. The first-order valence-corrected chi connectivity index (χ1v) is 5.64. The highest BCUT2D eigenvalue weighted by molar-refractivity contribution is 5.96. The van der Waals surface area contributed by atoms with Gasteiger partial charge in [-0.2, -0.15) is 13.2 Å². The van der Waals surface area contributed by atoms with E-state index in [4.69, 9.17) is 11.5 Å². The second-order valence-corrected chi connectivity index (χ2v) is 4.16. The molecule has 0 radical (unpaired) electrons. The molecule has 2 rings (SSSR count). The number of benzene rings is 1. The van der Waals surface area contributed by atoms with Gasteiger partial charge in [0.25, 0.3) is 5.91 Å². The van der Waals surface area contributed by atoms with E-state index in [1.54, 1.807) is 0 Å². The number of aromatic nitrogens is 1. The average molecular weight is 299 g/mol. The summed E-state index contributed by atoms with van der Waals surface area (Å²) in [4.78, 5) is 14.8. The lowest BCUT2D eigenvalue weighted by molar-refractivity contribution is -0.139. The fraction of sp³-hybridized carbons (Fsp3) is 0.0769. The van der Waals surface area contributed by atoms with Gasteiger partial charge in [0.15, 0.2) is 5.69 Å². The molecule has 0 fully saturated rings. The highest BCUT2D eigenvalue weighted by Gasteiger charge is 2.35. The third-order valence-electron chi connectivity index (χ3n) is 2.74. The van der Waals surface area contributed by atoms with Crippen LogP contribution in [0.4, 0.5) is 23.2 Å². The third kappa shape index (κ3) is 2.78. The molecule has 4 N–H and O–H groups in total. The molecule has 0 bridgehead atoms. The fourth-order valence-electron chi connectivity index (χ4n) is 1.77. The molecule has 1 amide bonds. The van der Waals surface area contributed by atoms with E-state index < -0.39 is 29.0 Å². The fourth-order valence-corrected chi connectivity index (χ4v) is 1.77. The van der Waals surface area contributed by atoms with E-state index in [1.807, 2.05) is 0 Å². The van der Waals surface area contributed by atoms with Crippen LogP contribution in [0.5, 0.6) is 0 Å². The van der Waals surface area contributed by atoms with Gasteiger partial charge in [-0.1, -0.05) is 6.07 Å². The van der Waals surface area contributed by atoms with Crippen molar-refractivity contribution in [2.24, 2.45) is 5.73 Å². The van der Waals surface area contributed by atoms with Crippen LogP contribution >= 0.6 is 0 Å². The molecule has 0 saturated carbocycles. The minimum atomic E-state index is -4.83. The van der Waals surface area contributed by atoms with Crippen molar-refractivity contribution in [1.29, 1.82) is 0 Å². The molecule has 110 valence electrons. The molecule has 0 atom stereocenters. The number of nitrogens with two attached hydrogens (primary N) is 2. The van der Waals surface area contributed by atoms with Crippen molar-refractivity contribution in [3.8, 4) is 11.3 Å². The van der Waals surface area contributed by atoms with Crippen LogP contribution < -0.4 is 11.5 Å². The lowest BCUT2D eigenvalue weighted by Gasteiger charge is -2.11. The topological polar surface area (TPSA) is 82.0 Å². The van der Waals surface area contributed by atoms with Crippen LogP contribution in [-0.4, -0.2) is 10.9 Å². The number of nitrogen functional groups attached to an aromatic ring is 1. The number of carbonyl (C=O) groups excluding carboxylic acids is 1. The van der Waals surface area contributed by atoms with Crippen LogP contribution in [-0.2, 0) is 6.18 Å². The van der Waals surface area contributed by atoms with Gasteiger partial charge < -0.3 is 11.5 Å². The van der Waals surface area contributed by atoms with Crippen molar-refractivity contribution in [3.63, 3.8) is 0 Å². The summed E-state index contributed by atoms with van der Waals surface area (Å²) in [6.07, 6.45) is -4.83. The summed E-state index contributed by atoms with van der Waals surface area (Å²) in [5.74, 6) is -2.43. The van der Waals surface area contributed by atoms with Crippen molar-refractivity contribution in [2.45, 2.75) is 6.18 Å². The molecule has 8 heteroatoms. The number of alkyl halides is 3. The second-order valence-electron chi connectivity index (χ2n) is 4.16. The first kappa shape index (κ1) is 14.8. The molecular formula is C13H9F4N3O. The van der Waals surface area contributed by atoms with E-state index >= 15 is 0 Å². The van der Waals surface area contributed by atoms with Crippen LogP contribution in [0.1, 0.15) is 16.1 Å². The van der Waals surface area contributed by atoms with Gasteiger partial charge in [-0.05, 0) is 24.3 Å². The van der Waals surface area contributed by atoms with Gasteiger partial charge in [0.05, 0.1) is 16.9 Å². The Morgan fingerprint density at radius 2 is 1.81 bits per heavy atom. The van der Waals surface area contributed by atoms with E-state index in [0.29, 0.717) is 6.07 Å². The number of hydrogen-bond acceptors (Lipinski definition) is 3. The van der Waals surface area contributed by atoms with Crippen molar-refractivity contribution in [2.75, 3.05) is 5.73 Å². The predicted octanol–water partition coefficient (Wildman–Crippen LogP) is 2.59. The average Bonchev–Trinajstić information content (AvgIpc) is 2.38. The minimum Gasteiger partial charge on any atom is -0.397 e. The first-order valence-electron chi connectivity index (χ1n) is 5.64. The molecule has 0 spiro atoms. The molecule has 1 aromatic heterocycles. The number of pyridine rings is 1. The Labute approximate surface area is 116 Å². The van der Waals surface area contributed by atoms with Gasteiger partial charge in [-0.15, -0.1) is 0 Å². The predicted molar refractivity (Wildman–Crippen MR) is 67.6 cm³/mol. The lowest BCUT2D eigenvalue weighted by Crippen LogP contribution is -2.16. The zero-order chi connectivity index (χ0) is 15.8. The number of halogens is 4. The van der Waals surface area contributed by atoms with Crippen LogP contribution in [0.2, 0.25) is 0 Å². The summed E-state index contributed by atoms with van der Waals surface area (Å²) in [5.41, 5.74) is 8.16. The zero-order valence-corrected chi connectivity index (χ0v) is 10.4. The number of rotatable bonds is 2. The van der Waals surface area contributed by atoms with E-state index in [2.05, 4.69) is 4.98 Å². The van der Waals surface area contributed by atoms with Gasteiger partial charge in [-0.25, -0.2) is 9.37 Å². The molecular weight excluding hydrogens is 290 g/mol. The molecule has 0 saturated heterocycles. The van der Waals surface area contributed by atoms with Crippen LogP contribution in [0, 0.1) is 5.82 Å². The molecule has 1 aromatic carbocycles. The molecule has 0 unspecified atom stereocenters. The van der Waals surface area contributed by atoms with Crippen LogP contribution in [0.3, 0.4) is 0 Å². The summed E-state index contributed by atoms with van der Waals surface area (Å²) >= 11 is 0. The number of carbonyl (C=O) groups is 1. The quantitative estimate of drug-likeness (QED) is 0.836. The number of anilines is 1. The van der Waals surface area contributed by atoms with Crippen molar-refractivity contribution in [3.05, 3.63) is 47.4 Å². The minimum absolute atomic E-state index is 0.0429. The second kappa shape index (κ2) is 5.04. The molecule has 0 aliphatic rings. The largest absolute Gasteiger partial charge is 0.419 e. The Bertz CT molecular complexity index is 713. The molecule has 2 aromatic rings. The highest BCUT2D eigenvalue weighted by atomic mass is 19.4. The summed E-state index contributed by atoms with van der Waals surface area (Å²) in [7, 11) is 0. The monoisotopic (exact) mass is 299 g/mol. The Morgan fingerprint density at radius 3 is 2.38 bits per heavy atom. The third-order valence-corrected chi connectivity index (χ3v) is 2.74. The standard InChI is InChI=1S/C13H9F4N3O/c14-10-6(2-1-3-7(10)13(15,16)17)9-5-4-8(18)11(20-9)12(19)21/h1-5H,18H2,(H2,19,21). The molecule has 4 nitrogen and oxygen atoms in total. The summed E-state index contributed by atoms with van der Waals surface area (Å²) in [6, 6.07) is 5.21. The van der Waals surface area contributed by atoms with Crippen LogP contribution in [0.25, 0.3) is 11.3 Å². The normalized spacial score (nSPS) is 11.4. The number of nitrogens with zero attached hydrogens (tertiary/aromatic N) is 1. The number of amides is 1. The SMILES string of the molecule is NC(=O)c1nc(-c2cccc(C(F)(F)F)c2F)ccc1N. The number of hydrogen-bond donors (Lipinski definition) is 2. The highest BCUT2D eigenvalue weighted by Crippen LogP contribution is 2.35. The summed E-state index contributed by atoms with van der Waals surface area (Å²) in [6.45, 7) is 0. The Morgan fingerprint density at radius 1 is 1.14 bits per heavy atom. The Balaban J connectivity index is 2.63. The first-order chi connectivity index (χ1) is 9.71. The Hall–Kier alpha value is -2.64. The zero-order valence-electron chi connectivity index (χ0n) is 10.4. The van der Waals surface area contributed by atoms with Gasteiger partial charge >= 0.3 is 6.18 Å². The summed E-state index contributed by atoms with van der Waals surface area (Å²) < 4.78 is 52.0. The maximum atomic E-state index is 14.0. The van der Waals surface area contributed by atoms with Gasteiger partial charge in [-0.3, -0.25) is 4.79 Å². The molecule has 0 aliphatic carbocycles. The van der Waals surface area contributed by atoms with E-state index in [1.165, 1.54) is 12.1 Å². The van der Waals surface area contributed by atoms with Crippen LogP contribution in [0.15, 0.2) is 30.3 Å². The van der Waals surface area contributed by atoms with Gasteiger partial charge in [0.2, 0.25) is 0 Å². The smallest absolute Gasteiger partial charge is 0.397 e. The van der Waals surface area contributed by atoms with Gasteiger partial charge in [0.1, 0.15) is 5.82 Å². The summed E-state index contributed by atoms with van der Waals surface area (Å²) in [5, 5.41) is 0. The van der Waals surface area contributed by atoms with Gasteiger partial charge in [0, 0.05) is 5.56 Å². The Kier molecular flexibility index (Phi) is 3.54. The maximum absolute atomic E-state index is 14.0. The van der Waals surface area contributed by atoms with Crippen molar-refractivity contribution < 1.29 is 22.4 Å². The lowest BCUT2D eigenvalue weighted by atomic mass is 10.1. The van der Waals surface area contributed by atoms with E-state index in [-0.39, 0.29) is 17.1 Å². The molecule has 21 heavy (non-hydrogen) atoms. The van der Waals surface area contributed by atoms with Crippen molar-refractivity contribution >= 4 is 11.6 Å². The number of primary amides is 1. The molecule has 1 heterocycles. The van der Waals surface area contributed by atoms with E-state index in [0.717, 1.165) is 12.1 Å². The van der Waals surface area contributed by atoms with Crippen molar-refractivity contribution in [1.82, 2.24) is 4.98 Å².